The van der Waals surface area contributed by atoms with Crippen LogP contribution in [-0.4, -0.2) is 88.9 Å². The van der Waals surface area contributed by atoms with Gasteiger partial charge in [-0.3, -0.25) is 24.1 Å². The molecule has 5 atom stereocenters. The number of carbonyl (C=O) groups excluding carboxylic acids is 4. The average molecular weight is 649 g/mol. The SMILES string of the molecule is CC(C)C[C@H](C(=O)N[C@H](CCCCN)C(=O)N1CCCC1B(O)O)N1C(=O)[C@H](NC(=O)[C@H](N)Cc2ccccc2)Cc2ccccc21. The van der Waals surface area contributed by atoms with E-state index in [1.165, 1.54) is 9.80 Å². The van der Waals surface area contributed by atoms with Crippen molar-refractivity contribution in [2.24, 2.45) is 17.4 Å². The van der Waals surface area contributed by atoms with Gasteiger partial charge >= 0.3 is 7.12 Å². The van der Waals surface area contributed by atoms with Crippen LogP contribution in [0.2, 0.25) is 0 Å². The highest BCUT2D eigenvalue weighted by atomic mass is 16.4. The molecule has 1 fully saturated rings. The Hall–Kier alpha value is -3.78. The molecule has 47 heavy (non-hydrogen) atoms. The number of amides is 4. The van der Waals surface area contributed by atoms with Crippen molar-refractivity contribution in [3.8, 4) is 0 Å². The van der Waals surface area contributed by atoms with Gasteiger partial charge in [-0.05, 0) is 74.6 Å². The van der Waals surface area contributed by atoms with Crippen LogP contribution in [0.15, 0.2) is 54.6 Å². The smallest absolute Gasteiger partial charge is 0.426 e. The number of carbonyl (C=O) groups is 4. The third-order valence-corrected chi connectivity index (χ3v) is 8.96. The van der Waals surface area contributed by atoms with Crippen molar-refractivity contribution in [1.82, 2.24) is 15.5 Å². The number of nitrogens with zero attached hydrogens (tertiary/aromatic N) is 2. The summed E-state index contributed by atoms with van der Waals surface area (Å²) in [6.07, 6.45) is 3.44. The minimum absolute atomic E-state index is 0.00105. The van der Waals surface area contributed by atoms with Crippen LogP contribution < -0.4 is 27.0 Å². The van der Waals surface area contributed by atoms with E-state index in [1.54, 1.807) is 12.1 Å². The van der Waals surface area contributed by atoms with Crippen molar-refractivity contribution >= 4 is 36.4 Å². The first kappa shape index (κ1) is 36.1. The Morgan fingerprint density at radius 2 is 1.72 bits per heavy atom. The molecule has 0 saturated carbocycles. The summed E-state index contributed by atoms with van der Waals surface area (Å²) in [6.45, 7) is 4.67. The molecule has 0 aliphatic carbocycles. The Bertz CT molecular complexity index is 1380. The fraction of sp³-hybridized carbons (Fsp3) is 0.529. The van der Waals surface area contributed by atoms with Crippen LogP contribution in [0.3, 0.4) is 0 Å². The molecule has 2 aliphatic heterocycles. The normalized spacial score (nSPS) is 19.6. The minimum Gasteiger partial charge on any atom is -0.426 e. The molecule has 2 aromatic rings. The van der Waals surface area contributed by atoms with Crippen LogP contribution in [0, 0.1) is 5.92 Å². The molecule has 2 heterocycles. The number of hydrogen-bond donors (Lipinski definition) is 6. The Morgan fingerprint density at radius 1 is 1.02 bits per heavy atom. The van der Waals surface area contributed by atoms with Crippen molar-refractivity contribution in [1.29, 1.82) is 0 Å². The van der Waals surface area contributed by atoms with Crippen molar-refractivity contribution in [3.05, 3.63) is 65.7 Å². The molecular weight excluding hydrogens is 599 g/mol. The van der Waals surface area contributed by atoms with E-state index in [2.05, 4.69) is 10.6 Å². The fourth-order valence-corrected chi connectivity index (χ4v) is 6.56. The molecule has 12 nitrogen and oxygen atoms in total. The number of fused-ring (bicyclic) bond motifs is 1. The number of nitrogens with one attached hydrogen (secondary N) is 2. The van der Waals surface area contributed by atoms with Crippen molar-refractivity contribution in [2.75, 3.05) is 18.0 Å². The van der Waals surface area contributed by atoms with Crippen molar-refractivity contribution in [2.45, 2.75) is 95.3 Å². The molecule has 0 aromatic heterocycles. The fourth-order valence-electron chi connectivity index (χ4n) is 6.56. The Labute approximate surface area is 277 Å². The standard InChI is InChI=1S/C34H49BN6O6/c1-22(2)19-29(32(43)38-26(14-8-9-17-36)33(44)40-18-10-16-30(40)35(46)47)41-28-15-7-6-13-24(28)21-27(34(41)45)39-31(42)25(37)20-23-11-4-3-5-12-23/h3-7,11-13,15,22,25-27,29-30,46-47H,8-10,14,16-21,36-37H2,1-2H3,(H,38,43)(H,39,42)/t25-,26-,27-,29-,30?/m1/s1. The van der Waals surface area contributed by atoms with Crippen molar-refractivity contribution in [3.63, 3.8) is 0 Å². The summed E-state index contributed by atoms with van der Waals surface area (Å²) in [5.41, 5.74) is 14.2. The van der Waals surface area contributed by atoms with Crippen LogP contribution in [0.25, 0.3) is 0 Å². The van der Waals surface area contributed by atoms with Gasteiger partial charge in [0.25, 0.3) is 5.91 Å². The van der Waals surface area contributed by atoms with Gasteiger partial charge in [-0.2, -0.15) is 0 Å². The molecule has 254 valence electrons. The minimum atomic E-state index is -1.69. The Morgan fingerprint density at radius 3 is 2.40 bits per heavy atom. The zero-order chi connectivity index (χ0) is 34.1. The number of likely N-dealkylation sites (tertiary alicyclic amines) is 1. The Kier molecular flexibility index (Phi) is 12.9. The Balaban J connectivity index is 1.59. The van der Waals surface area contributed by atoms with E-state index in [0.717, 1.165) is 11.1 Å². The summed E-state index contributed by atoms with van der Waals surface area (Å²) >= 11 is 0. The van der Waals surface area contributed by atoms with Gasteiger partial charge in [-0.15, -0.1) is 0 Å². The third kappa shape index (κ3) is 9.19. The highest BCUT2D eigenvalue weighted by molar-refractivity contribution is 6.43. The molecule has 2 aromatic carbocycles. The van der Waals surface area contributed by atoms with E-state index in [9.17, 15) is 29.2 Å². The summed E-state index contributed by atoms with van der Waals surface area (Å²) in [5, 5.41) is 25.6. The second-order valence-corrected chi connectivity index (χ2v) is 13.0. The van der Waals surface area contributed by atoms with Crippen molar-refractivity contribution < 1.29 is 29.2 Å². The van der Waals surface area contributed by atoms with Gasteiger partial charge in [0.05, 0.1) is 12.0 Å². The van der Waals surface area contributed by atoms with Gasteiger partial charge in [-0.25, -0.2) is 0 Å². The number of hydrogen-bond acceptors (Lipinski definition) is 8. The first-order chi connectivity index (χ1) is 22.5. The first-order valence-corrected chi connectivity index (χ1v) is 16.7. The van der Waals surface area contributed by atoms with E-state index in [4.69, 9.17) is 11.5 Å². The van der Waals surface area contributed by atoms with Gasteiger partial charge in [0, 0.05) is 18.7 Å². The lowest BCUT2D eigenvalue weighted by Crippen LogP contribution is -2.62. The molecule has 0 bridgehead atoms. The number of para-hydroxylation sites is 1. The maximum Gasteiger partial charge on any atom is 0.475 e. The second-order valence-electron chi connectivity index (χ2n) is 13.0. The molecule has 4 amide bonds. The monoisotopic (exact) mass is 648 g/mol. The lowest BCUT2D eigenvalue weighted by molar-refractivity contribution is -0.137. The molecule has 0 radical (unpaired) electrons. The largest absolute Gasteiger partial charge is 0.475 e. The summed E-state index contributed by atoms with van der Waals surface area (Å²) in [6, 6.07) is 12.9. The van der Waals surface area contributed by atoms with E-state index in [0.29, 0.717) is 63.7 Å². The molecule has 1 saturated heterocycles. The number of rotatable bonds is 15. The summed E-state index contributed by atoms with van der Waals surface area (Å²) in [5.74, 6) is -2.54. The van der Waals surface area contributed by atoms with Crippen LogP contribution >= 0.6 is 0 Å². The molecule has 1 unspecified atom stereocenters. The molecule has 4 rings (SSSR count). The van der Waals surface area contributed by atoms with Gasteiger partial charge in [0.15, 0.2) is 0 Å². The van der Waals surface area contributed by atoms with Gasteiger partial charge < -0.3 is 37.0 Å². The number of anilines is 1. The highest BCUT2D eigenvalue weighted by Gasteiger charge is 2.43. The van der Waals surface area contributed by atoms with Crippen LogP contribution in [0.4, 0.5) is 5.69 Å². The van der Waals surface area contributed by atoms with E-state index < -0.39 is 60.9 Å². The van der Waals surface area contributed by atoms with Crippen LogP contribution in [0.1, 0.15) is 63.5 Å². The quantitative estimate of drug-likeness (QED) is 0.120. The molecule has 8 N–H and O–H groups in total. The van der Waals surface area contributed by atoms with E-state index in [1.807, 2.05) is 56.3 Å². The second kappa shape index (κ2) is 16.9. The molecule has 13 heteroatoms. The maximum absolute atomic E-state index is 14.2. The zero-order valence-electron chi connectivity index (χ0n) is 27.4. The summed E-state index contributed by atoms with van der Waals surface area (Å²) in [4.78, 5) is 58.4. The molecule has 0 spiro atoms. The lowest BCUT2D eigenvalue weighted by atomic mass is 9.77. The molecule has 2 aliphatic rings. The van der Waals surface area contributed by atoms with Crippen LogP contribution in [-0.2, 0) is 32.0 Å². The highest BCUT2D eigenvalue weighted by Crippen LogP contribution is 2.32. The molecular formula is C34H49BN6O6. The van der Waals surface area contributed by atoms with Gasteiger partial charge in [-0.1, -0.05) is 62.4 Å². The number of unbranched alkanes of at least 4 members (excludes halogenated alkanes) is 1. The van der Waals surface area contributed by atoms with Gasteiger partial charge in [0.1, 0.15) is 18.1 Å². The van der Waals surface area contributed by atoms with Crippen LogP contribution in [0.5, 0.6) is 0 Å². The van der Waals surface area contributed by atoms with E-state index in [-0.39, 0.29) is 12.3 Å². The number of nitrogens with two attached hydrogens (primary N) is 2. The number of benzene rings is 2. The zero-order valence-corrected chi connectivity index (χ0v) is 27.4. The van der Waals surface area contributed by atoms with E-state index >= 15 is 0 Å². The maximum atomic E-state index is 14.2. The predicted molar refractivity (Wildman–Crippen MR) is 181 cm³/mol. The lowest BCUT2D eigenvalue weighted by Gasteiger charge is -2.40. The average Bonchev–Trinajstić information content (AvgIpc) is 3.55. The first-order valence-electron chi connectivity index (χ1n) is 16.7. The summed E-state index contributed by atoms with van der Waals surface area (Å²) in [7, 11) is -1.69. The summed E-state index contributed by atoms with van der Waals surface area (Å²) < 4.78 is 0. The predicted octanol–water partition coefficient (Wildman–Crippen LogP) is 0.662. The topological polar surface area (TPSA) is 191 Å². The third-order valence-electron chi connectivity index (χ3n) is 8.96. The van der Waals surface area contributed by atoms with Gasteiger partial charge in [0.2, 0.25) is 17.7 Å².